The van der Waals surface area contributed by atoms with Gasteiger partial charge in [0, 0.05) is 25.5 Å². The first kappa shape index (κ1) is 12.9. The molecule has 0 fully saturated rings. The summed E-state index contributed by atoms with van der Waals surface area (Å²) in [5, 5.41) is 12.1. The van der Waals surface area contributed by atoms with Crippen molar-refractivity contribution in [2.24, 2.45) is 0 Å². The van der Waals surface area contributed by atoms with E-state index in [9.17, 15) is 0 Å². The second-order valence-electron chi connectivity index (χ2n) is 4.87. The maximum absolute atomic E-state index is 8.75. The van der Waals surface area contributed by atoms with E-state index in [0.29, 0.717) is 12.2 Å². The Kier molecular flexibility index (Phi) is 3.77. The summed E-state index contributed by atoms with van der Waals surface area (Å²) in [6.07, 6.45) is 3.98. The van der Waals surface area contributed by atoms with Crippen molar-refractivity contribution in [2.75, 3.05) is 6.54 Å². The van der Waals surface area contributed by atoms with Crippen molar-refractivity contribution in [2.45, 2.75) is 25.8 Å². The molecule has 0 radical (unpaired) electrons. The van der Waals surface area contributed by atoms with Crippen LogP contribution in [0.4, 0.5) is 0 Å². The zero-order valence-corrected chi connectivity index (χ0v) is 11.1. The van der Waals surface area contributed by atoms with Crippen molar-refractivity contribution >= 4 is 0 Å². The van der Waals surface area contributed by atoms with Crippen LogP contribution in [0, 0.1) is 11.3 Å². The Morgan fingerprint density at radius 3 is 3.05 bits per heavy atom. The molecule has 20 heavy (non-hydrogen) atoms. The molecule has 5 nitrogen and oxygen atoms in total. The number of nitrogens with one attached hydrogen (secondary N) is 1. The van der Waals surface area contributed by atoms with Gasteiger partial charge in [0.15, 0.2) is 0 Å². The minimum atomic E-state index is 0.176. The van der Waals surface area contributed by atoms with Gasteiger partial charge in [-0.1, -0.05) is 12.1 Å². The summed E-state index contributed by atoms with van der Waals surface area (Å²) in [5.74, 6) is 0.994. The number of nitrogens with zero attached hydrogens (tertiary/aromatic N) is 3. The van der Waals surface area contributed by atoms with Gasteiger partial charge in [0.05, 0.1) is 24.3 Å². The lowest BCUT2D eigenvalue weighted by atomic mass is 10.1. The van der Waals surface area contributed by atoms with Crippen molar-refractivity contribution < 1.29 is 4.74 Å². The smallest absolute Gasteiger partial charge is 0.134 e. The van der Waals surface area contributed by atoms with Gasteiger partial charge in [-0.2, -0.15) is 5.26 Å². The van der Waals surface area contributed by atoms with Crippen LogP contribution >= 0.6 is 0 Å². The normalized spacial score (nSPS) is 17.4. The van der Waals surface area contributed by atoms with Crippen LogP contribution in [0.25, 0.3) is 0 Å². The number of fused-ring (bicyclic) bond motifs is 1. The third-order valence-corrected chi connectivity index (χ3v) is 3.43. The number of benzene rings is 1. The molecule has 1 atom stereocenters. The zero-order valence-electron chi connectivity index (χ0n) is 11.1. The Hall–Kier alpha value is -2.16. The first-order valence-electron chi connectivity index (χ1n) is 6.66. The number of hydrogen-bond acceptors (Lipinski definition) is 4. The molecule has 0 amide bonds. The van der Waals surface area contributed by atoms with Crippen LogP contribution in [0.1, 0.15) is 17.0 Å². The largest absolute Gasteiger partial charge is 0.367 e. The lowest BCUT2D eigenvalue weighted by Gasteiger charge is -2.24. The first-order chi connectivity index (χ1) is 9.85. The monoisotopic (exact) mass is 268 g/mol. The Balaban J connectivity index is 1.47. The Labute approximate surface area is 117 Å². The third-order valence-electron chi connectivity index (χ3n) is 3.43. The summed E-state index contributed by atoms with van der Waals surface area (Å²) in [5.41, 5.74) is 1.86. The highest BCUT2D eigenvalue weighted by atomic mass is 16.5. The van der Waals surface area contributed by atoms with Crippen molar-refractivity contribution in [1.29, 1.82) is 5.26 Å². The Morgan fingerprint density at radius 1 is 1.40 bits per heavy atom. The maximum atomic E-state index is 8.75. The SMILES string of the molecule is N#Cc1ccc(CNC[C@H]2Cn3ccnc3CO2)cc1. The van der Waals surface area contributed by atoms with Gasteiger partial charge in [0.1, 0.15) is 12.4 Å². The van der Waals surface area contributed by atoms with Crippen LogP contribution in [0.5, 0.6) is 0 Å². The van der Waals surface area contributed by atoms with Crippen LogP contribution in [0.15, 0.2) is 36.7 Å². The van der Waals surface area contributed by atoms with Gasteiger partial charge in [0.2, 0.25) is 0 Å². The van der Waals surface area contributed by atoms with E-state index in [1.165, 1.54) is 5.56 Å². The van der Waals surface area contributed by atoms with Gasteiger partial charge in [-0.15, -0.1) is 0 Å². The van der Waals surface area contributed by atoms with E-state index in [4.69, 9.17) is 10.00 Å². The predicted octanol–water partition coefficient (Wildman–Crippen LogP) is 1.44. The van der Waals surface area contributed by atoms with Gasteiger partial charge in [-0.3, -0.25) is 0 Å². The molecule has 2 aromatic rings. The average Bonchev–Trinajstić information content (AvgIpc) is 2.95. The van der Waals surface area contributed by atoms with Crippen LogP contribution in [-0.2, 0) is 24.4 Å². The lowest BCUT2D eigenvalue weighted by molar-refractivity contribution is 0.00278. The van der Waals surface area contributed by atoms with E-state index in [-0.39, 0.29) is 6.10 Å². The molecule has 1 aliphatic rings. The minimum absolute atomic E-state index is 0.176. The van der Waals surface area contributed by atoms with Gasteiger partial charge >= 0.3 is 0 Å². The molecule has 102 valence electrons. The van der Waals surface area contributed by atoms with Crippen molar-refractivity contribution in [3.63, 3.8) is 0 Å². The first-order valence-corrected chi connectivity index (χ1v) is 6.66. The molecule has 0 bridgehead atoms. The van der Waals surface area contributed by atoms with Gasteiger partial charge in [-0.05, 0) is 17.7 Å². The number of nitriles is 1. The molecule has 1 aliphatic heterocycles. The van der Waals surface area contributed by atoms with E-state index in [1.807, 2.05) is 36.7 Å². The fourth-order valence-electron chi connectivity index (χ4n) is 2.31. The summed E-state index contributed by atoms with van der Waals surface area (Å²) >= 11 is 0. The third kappa shape index (κ3) is 2.87. The minimum Gasteiger partial charge on any atom is -0.367 e. The van der Waals surface area contributed by atoms with Crippen molar-refractivity contribution in [3.05, 3.63) is 53.6 Å². The van der Waals surface area contributed by atoms with E-state index >= 15 is 0 Å². The van der Waals surface area contributed by atoms with E-state index in [1.54, 1.807) is 0 Å². The van der Waals surface area contributed by atoms with Gasteiger partial charge in [-0.25, -0.2) is 4.98 Å². The predicted molar refractivity (Wildman–Crippen MR) is 73.7 cm³/mol. The summed E-state index contributed by atoms with van der Waals surface area (Å²) in [6.45, 7) is 3.01. The second kappa shape index (κ2) is 5.87. The summed E-state index contributed by atoms with van der Waals surface area (Å²) in [4.78, 5) is 4.23. The highest BCUT2D eigenvalue weighted by molar-refractivity contribution is 5.31. The molecule has 1 aromatic heterocycles. The fourth-order valence-corrected chi connectivity index (χ4v) is 2.31. The van der Waals surface area contributed by atoms with Crippen LogP contribution < -0.4 is 5.32 Å². The summed E-state index contributed by atoms with van der Waals surface area (Å²) in [7, 11) is 0. The lowest BCUT2D eigenvalue weighted by Crippen LogP contribution is -2.35. The van der Waals surface area contributed by atoms with Crippen LogP contribution in [0.3, 0.4) is 0 Å². The molecular weight excluding hydrogens is 252 g/mol. The quantitative estimate of drug-likeness (QED) is 0.911. The standard InChI is InChI=1S/C15H16N4O/c16-7-12-1-3-13(4-2-12)8-17-9-14-10-19-6-5-18-15(19)11-20-14/h1-6,14,17H,8-11H2/t14-/m0/s1. The molecule has 2 heterocycles. The molecule has 1 aromatic carbocycles. The Morgan fingerprint density at radius 2 is 2.25 bits per heavy atom. The maximum Gasteiger partial charge on any atom is 0.134 e. The number of aromatic nitrogens is 2. The molecule has 5 heteroatoms. The fraction of sp³-hybridized carbons (Fsp3) is 0.333. The number of rotatable bonds is 4. The molecular formula is C15H16N4O. The topological polar surface area (TPSA) is 62.9 Å². The number of ether oxygens (including phenoxy) is 1. The summed E-state index contributed by atoms with van der Waals surface area (Å²) < 4.78 is 7.88. The van der Waals surface area contributed by atoms with Gasteiger partial charge < -0.3 is 14.6 Å². The summed E-state index contributed by atoms with van der Waals surface area (Å²) in [6, 6.07) is 9.75. The molecule has 0 saturated heterocycles. The average molecular weight is 268 g/mol. The van der Waals surface area contributed by atoms with Crippen LogP contribution in [-0.4, -0.2) is 22.2 Å². The molecule has 3 rings (SSSR count). The van der Waals surface area contributed by atoms with E-state index in [0.717, 1.165) is 25.5 Å². The Bertz CT molecular complexity index is 612. The van der Waals surface area contributed by atoms with E-state index in [2.05, 4.69) is 20.9 Å². The van der Waals surface area contributed by atoms with E-state index < -0.39 is 0 Å². The highest BCUT2D eigenvalue weighted by Gasteiger charge is 2.18. The van der Waals surface area contributed by atoms with Crippen molar-refractivity contribution in [3.8, 4) is 6.07 Å². The highest BCUT2D eigenvalue weighted by Crippen LogP contribution is 2.11. The van der Waals surface area contributed by atoms with Gasteiger partial charge in [0.25, 0.3) is 0 Å². The molecule has 0 saturated carbocycles. The molecule has 0 spiro atoms. The van der Waals surface area contributed by atoms with Crippen molar-refractivity contribution in [1.82, 2.24) is 14.9 Å². The molecule has 0 unspecified atom stereocenters. The zero-order chi connectivity index (χ0) is 13.8. The van der Waals surface area contributed by atoms with Crippen LogP contribution in [0.2, 0.25) is 0 Å². The molecule has 0 aliphatic carbocycles. The number of hydrogen-bond donors (Lipinski definition) is 1. The second-order valence-corrected chi connectivity index (χ2v) is 4.87. The number of imidazole rings is 1. The molecule has 1 N–H and O–H groups in total.